The van der Waals surface area contributed by atoms with Crippen LogP contribution in [0.3, 0.4) is 0 Å². The van der Waals surface area contributed by atoms with Gasteiger partial charge in [0, 0.05) is 13.0 Å². The molecule has 3 rings (SSSR count). The summed E-state index contributed by atoms with van der Waals surface area (Å²) in [6, 6.07) is 8.28. The minimum absolute atomic E-state index is 0.232. The number of aromatic nitrogens is 2. The average molecular weight is 272 g/mol. The molecule has 0 bridgehead atoms. The van der Waals surface area contributed by atoms with Crippen molar-refractivity contribution in [1.29, 1.82) is 0 Å². The van der Waals surface area contributed by atoms with Crippen molar-refractivity contribution in [2.45, 2.75) is 58.1 Å². The summed E-state index contributed by atoms with van der Waals surface area (Å²) in [5.74, 6) is 1.53. The van der Waals surface area contributed by atoms with E-state index in [2.05, 4.69) is 29.7 Å². The van der Waals surface area contributed by atoms with Crippen molar-refractivity contribution >= 4 is 11.0 Å². The van der Waals surface area contributed by atoms with E-state index in [0.717, 1.165) is 24.3 Å². The lowest BCUT2D eigenvalue weighted by atomic mass is 9.98. The number of aliphatic hydroxyl groups is 1. The quantitative estimate of drug-likeness (QED) is 0.904. The topological polar surface area (TPSA) is 38.0 Å². The summed E-state index contributed by atoms with van der Waals surface area (Å²) >= 11 is 0. The molecule has 1 heterocycles. The predicted molar refractivity (Wildman–Crippen MR) is 81.7 cm³/mol. The van der Waals surface area contributed by atoms with Crippen LogP contribution in [0.15, 0.2) is 24.3 Å². The average Bonchev–Trinajstić information content (AvgIpc) is 3.08. The maximum Gasteiger partial charge on any atom is 0.112 e. The third-order valence-corrected chi connectivity index (χ3v) is 4.52. The minimum Gasteiger partial charge on any atom is -0.392 e. The Morgan fingerprint density at radius 1 is 1.30 bits per heavy atom. The van der Waals surface area contributed by atoms with Crippen molar-refractivity contribution in [3.05, 3.63) is 30.1 Å². The molecule has 0 spiro atoms. The first-order valence-corrected chi connectivity index (χ1v) is 7.91. The molecule has 0 aliphatic heterocycles. The van der Waals surface area contributed by atoms with Crippen LogP contribution < -0.4 is 0 Å². The van der Waals surface area contributed by atoms with Gasteiger partial charge in [-0.1, -0.05) is 31.9 Å². The lowest BCUT2D eigenvalue weighted by Gasteiger charge is -2.18. The van der Waals surface area contributed by atoms with Crippen molar-refractivity contribution in [3.8, 4) is 0 Å². The molecule has 20 heavy (non-hydrogen) atoms. The molecule has 1 unspecified atom stereocenters. The zero-order valence-electron chi connectivity index (χ0n) is 12.3. The number of benzene rings is 1. The molecule has 3 heteroatoms. The van der Waals surface area contributed by atoms with Crippen LogP contribution in [0.1, 0.15) is 44.9 Å². The fourth-order valence-electron chi connectivity index (χ4n) is 3.45. The Labute approximate surface area is 120 Å². The van der Waals surface area contributed by atoms with E-state index in [4.69, 9.17) is 4.98 Å². The van der Waals surface area contributed by atoms with E-state index in [-0.39, 0.29) is 6.10 Å². The summed E-state index contributed by atoms with van der Waals surface area (Å²) in [4.78, 5) is 4.75. The van der Waals surface area contributed by atoms with Gasteiger partial charge in [0.2, 0.25) is 0 Å². The van der Waals surface area contributed by atoms with Gasteiger partial charge in [-0.15, -0.1) is 0 Å². The van der Waals surface area contributed by atoms with Gasteiger partial charge in [0.05, 0.1) is 17.1 Å². The molecular weight excluding hydrogens is 248 g/mol. The van der Waals surface area contributed by atoms with E-state index in [1.807, 2.05) is 6.07 Å². The van der Waals surface area contributed by atoms with Crippen LogP contribution in [-0.2, 0) is 13.0 Å². The largest absolute Gasteiger partial charge is 0.392 e. The standard InChI is InChI=1S/C17H24N2O/c1-2-11-19-15-10-6-5-9-14(15)18-17(19)12-16(20)13-7-3-4-8-13/h5-6,9-10,13,16,20H,2-4,7-8,11-12H2,1H3. The number of para-hydroxylation sites is 2. The van der Waals surface area contributed by atoms with Gasteiger partial charge in [-0.25, -0.2) is 4.98 Å². The number of hydrogen-bond acceptors (Lipinski definition) is 2. The van der Waals surface area contributed by atoms with Crippen LogP contribution in [0.25, 0.3) is 11.0 Å². The molecule has 1 saturated carbocycles. The Bertz CT molecular complexity index is 569. The lowest BCUT2D eigenvalue weighted by molar-refractivity contribution is 0.108. The molecule has 0 amide bonds. The van der Waals surface area contributed by atoms with Gasteiger partial charge in [-0.3, -0.25) is 0 Å². The SMILES string of the molecule is CCCn1c(CC(O)C2CCCC2)nc2ccccc21. The monoisotopic (exact) mass is 272 g/mol. The Morgan fingerprint density at radius 3 is 2.80 bits per heavy atom. The van der Waals surface area contributed by atoms with Gasteiger partial charge in [0.15, 0.2) is 0 Å². The summed E-state index contributed by atoms with van der Waals surface area (Å²) in [5, 5.41) is 10.5. The second kappa shape index (κ2) is 5.96. The van der Waals surface area contributed by atoms with Crippen molar-refractivity contribution in [2.75, 3.05) is 0 Å². The normalized spacial score (nSPS) is 17.9. The third-order valence-electron chi connectivity index (χ3n) is 4.52. The molecule has 0 radical (unpaired) electrons. The zero-order valence-corrected chi connectivity index (χ0v) is 12.3. The smallest absolute Gasteiger partial charge is 0.112 e. The first-order valence-electron chi connectivity index (χ1n) is 7.91. The zero-order chi connectivity index (χ0) is 13.9. The van der Waals surface area contributed by atoms with Gasteiger partial charge >= 0.3 is 0 Å². The van der Waals surface area contributed by atoms with Crippen molar-refractivity contribution in [3.63, 3.8) is 0 Å². The lowest BCUT2D eigenvalue weighted by Crippen LogP contribution is -2.22. The first kappa shape index (κ1) is 13.6. The maximum atomic E-state index is 10.5. The van der Waals surface area contributed by atoms with Gasteiger partial charge < -0.3 is 9.67 Å². The number of aryl methyl sites for hydroxylation is 1. The van der Waals surface area contributed by atoms with E-state index in [0.29, 0.717) is 12.3 Å². The highest BCUT2D eigenvalue weighted by atomic mass is 16.3. The first-order chi connectivity index (χ1) is 9.79. The Kier molecular flexibility index (Phi) is 4.06. The highest BCUT2D eigenvalue weighted by Crippen LogP contribution is 2.29. The third kappa shape index (κ3) is 2.59. The molecule has 1 aromatic carbocycles. The van der Waals surface area contributed by atoms with Gasteiger partial charge in [0.1, 0.15) is 5.82 Å². The molecule has 108 valence electrons. The summed E-state index contributed by atoms with van der Waals surface area (Å²) in [7, 11) is 0. The van der Waals surface area contributed by atoms with E-state index < -0.39 is 0 Å². The van der Waals surface area contributed by atoms with Crippen molar-refractivity contribution in [2.24, 2.45) is 5.92 Å². The van der Waals surface area contributed by atoms with Crippen LogP contribution in [0.4, 0.5) is 0 Å². The number of imidazole rings is 1. The second-order valence-corrected chi connectivity index (χ2v) is 5.98. The molecule has 2 aromatic rings. The minimum atomic E-state index is -0.232. The Hall–Kier alpha value is -1.35. The molecule has 1 N–H and O–H groups in total. The highest BCUT2D eigenvalue weighted by Gasteiger charge is 2.25. The highest BCUT2D eigenvalue weighted by molar-refractivity contribution is 5.75. The maximum absolute atomic E-state index is 10.5. The summed E-state index contributed by atoms with van der Waals surface area (Å²) in [6.07, 6.45) is 6.45. The van der Waals surface area contributed by atoms with Crippen LogP contribution >= 0.6 is 0 Å². The molecule has 3 nitrogen and oxygen atoms in total. The summed E-state index contributed by atoms with van der Waals surface area (Å²) in [5.41, 5.74) is 2.25. The second-order valence-electron chi connectivity index (χ2n) is 5.98. The number of nitrogens with zero attached hydrogens (tertiary/aromatic N) is 2. The van der Waals surface area contributed by atoms with Crippen molar-refractivity contribution in [1.82, 2.24) is 9.55 Å². The fraction of sp³-hybridized carbons (Fsp3) is 0.588. The molecule has 1 aliphatic rings. The molecule has 1 aromatic heterocycles. The fourth-order valence-corrected chi connectivity index (χ4v) is 3.45. The molecule has 1 aliphatic carbocycles. The number of hydrogen-bond donors (Lipinski definition) is 1. The predicted octanol–water partition coefficient (Wildman–Crippen LogP) is 3.54. The van der Waals surface area contributed by atoms with Gasteiger partial charge in [0.25, 0.3) is 0 Å². The Morgan fingerprint density at radius 2 is 2.05 bits per heavy atom. The van der Waals surface area contributed by atoms with Gasteiger partial charge in [-0.2, -0.15) is 0 Å². The van der Waals surface area contributed by atoms with Gasteiger partial charge in [-0.05, 0) is 37.3 Å². The molecular formula is C17H24N2O. The summed E-state index contributed by atoms with van der Waals surface area (Å²) < 4.78 is 2.29. The Balaban J connectivity index is 1.87. The van der Waals surface area contributed by atoms with Crippen molar-refractivity contribution < 1.29 is 5.11 Å². The molecule has 1 fully saturated rings. The van der Waals surface area contributed by atoms with Crippen LogP contribution in [-0.4, -0.2) is 20.8 Å². The van der Waals surface area contributed by atoms with Crippen LogP contribution in [0.2, 0.25) is 0 Å². The van der Waals surface area contributed by atoms with Crippen LogP contribution in [0, 0.1) is 5.92 Å². The number of aliphatic hydroxyl groups excluding tert-OH is 1. The van der Waals surface area contributed by atoms with Crippen LogP contribution in [0.5, 0.6) is 0 Å². The van der Waals surface area contributed by atoms with E-state index in [1.165, 1.54) is 31.2 Å². The number of fused-ring (bicyclic) bond motifs is 1. The van der Waals surface area contributed by atoms with E-state index >= 15 is 0 Å². The van der Waals surface area contributed by atoms with E-state index in [1.54, 1.807) is 0 Å². The summed E-state index contributed by atoms with van der Waals surface area (Å²) in [6.45, 7) is 3.17. The molecule has 0 saturated heterocycles. The molecule has 1 atom stereocenters. The van der Waals surface area contributed by atoms with E-state index in [9.17, 15) is 5.11 Å². The number of rotatable bonds is 5.